The molecule has 3 aromatic rings. The lowest BCUT2D eigenvalue weighted by molar-refractivity contribution is 0.323. The van der Waals surface area contributed by atoms with E-state index in [1.165, 1.54) is 0 Å². The molecule has 134 valence electrons. The number of ether oxygens (including phenoxy) is 2. The van der Waals surface area contributed by atoms with Gasteiger partial charge < -0.3 is 20.1 Å². The number of hydrogen-bond acceptors (Lipinski definition) is 4. The maximum atomic E-state index is 6.05. The van der Waals surface area contributed by atoms with Crippen LogP contribution in [0, 0.1) is 0 Å². The van der Waals surface area contributed by atoms with Crippen LogP contribution in [0.5, 0.6) is 11.5 Å². The molecular formula is C19H18ClN3O2S. The zero-order valence-electron chi connectivity index (χ0n) is 14.2. The van der Waals surface area contributed by atoms with Crippen LogP contribution in [0.1, 0.15) is 0 Å². The summed E-state index contributed by atoms with van der Waals surface area (Å²) in [5.74, 6) is 1.38. The van der Waals surface area contributed by atoms with Gasteiger partial charge in [0.1, 0.15) is 23.6 Å². The molecule has 0 radical (unpaired) electrons. The van der Waals surface area contributed by atoms with Crippen molar-refractivity contribution in [3.8, 4) is 11.5 Å². The number of benzene rings is 2. The summed E-state index contributed by atoms with van der Waals surface area (Å²) in [4.78, 5) is 4.38. The summed E-state index contributed by atoms with van der Waals surface area (Å²) < 4.78 is 11.0. The Labute approximate surface area is 162 Å². The van der Waals surface area contributed by atoms with Crippen molar-refractivity contribution in [1.82, 2.24) is 10.3 Å². The smallest absolute Gasteiger partial charge is 0.170 e. The lowest BCUT2D eigenvalue weighted by Gasteiger charge is -2.14. The van der Waals surface area contributed by atoms with Gasteiger partial charge in [0.25, 0.3) is 0 Å². The highest BCUT2D eigenvalue weighted by atomic mass is 35.5. The molecule has 0 amide bonds. The highest BCUT2D eigenvalue weighted by Gasteiger charge is 2.08. The summed E-state index contributed by atoms with van der Waals surface area (Å²) >= 11 is 11.4. The minimum atomic E-state index is 0.441. The third kappa shape index (κ3) is 4.33. The Balaban J connectivity index is 1.57. The summed E-state index contributed by atoms with van der Waals surface area (Å²) in [6.07, 6.45) is 1.73. The van der Waals surface area contributed by atoms with Crippen LogP contribution < -0.4 is 20.1 Å². The van der Waals surface area contributed by atoms with Gasteiger partial charge in [-0.2, -0.15) is 0 Å². The number of nitrogens with one attached hydrogen (secondary N) is 2. The normalized spacial score (nSPS) is 10.4. The minimum absolute atomic E-state index is 0.441. The van der Waals surface area contributed by atoms with Crippen molar-refractivity contribution in [2.24, 2.45) is 0 Å². The Bertz CT molecular complexity index is 920. The molecule has 5 nitrogen and oxygen atoms in total. The maximum absolute atomic E-state index is 6.05. The number of nitrogens with zero attached hydrogens (tertiary/aromatic N) is 1. The van der Waals surface area contributed by atoms with E-state index in [9.17, 15) is 0 Å². The second-order valence-electron chi connectivity index (χ2n) is 5.37. The summed E-state index contributed by atoms with van der Waals surface area (Å²) in [6.45, 7) is 0.986. The number of fused-ring (bicyclic) bond motifs is 1. The van der Waals surface area contributed by atoms with Crippen molar-refractivity contribution in [2.45, 2.75) is 0 Å². The molecule has 2 aromatic carbocycles. The zero-order chi connectivity index (χ0) is 18.4. The van der Waals surface area contributed by atoms with E-state index in [0.717, 1.165) is 22.3 Å². The number of aromatic nitrogens is 1. The van der Waals surface area contributed by atoms with Crippen LogP contribution in [-0.2, 0) is 0 Å². The highest BCUT2D eigenvalue weighted by Crippen LogP contribution is 2.29. The molecule has 0 atom stereocenters. The second-order valence-corrected chi connectivity index (χ2v) is 6.19. The first-order valence-electron chi connectivity index (χ1n) is 8.03. The lowest BCUT2D eigenvalue weighted by Crippen LogP contribution is -2.32. The third-order valence-corrected chi connectivity index (χ3v) is 4.24. The van der Waals surface area contributed by atoms with Crippen LogP contribution in [0.15, 0.2) is 54.7 Å². The van der Waals surface area contributed by atoms with Gasteiger partial charge in [0, 0.05) is 17.3 Å². The average Bonchev–Trinajstić information content (AvgIpc) is 2.67. The number of rotatable bonds is 6. The van der Waals surface area contributed by atoms with E-state index >= 15 is 0 Å². The Morgan fingerprint density at radius 3 is 2.77 bits per heavy atom. The number of halogens is 1. The van der Waals surface area contributed by atoms with Crippen LogP contribution in [0.3, 0.4) is 0 Å². The van der Waals surface area contributed by atoms with Gasteiger partial charge in [0.15, 0.2) is 5.11 Å². The van der Waals surface area contributed by atoms with Crippen LogP contribution in [0.2, 0.25) is 5.02 Å². The molecule has 7 heteroatoms. The zero-order valence-corrected chi connectivity index (χ0v) is 15.7. The summed E-state index contributed by atoms with van der Waals surface area (Å²) in [5.41, 5.74) is 1.64. The predicted octanol–water partition coefficient (Wildman–Crippen LogP) is 4.26. The van der Waals surface area contributed by atoms with E-state index in [1.54, 1.807) is 19.4 Å². The van der Waals surface area contributed by atoms with E-state index < -0.39 is 0 Å². The minimum Gasteiger partial charge on any atom is -0.494 e. The molecule has 0 saturated carbocycles. The molecular weight excluding hydrogens is 370 g/mol. The van der Waals surface area contributed by atoms with Gasteiger partial charge in [0.05, 0.1) is 18.7 Å². The Morgan fingerprint density at radius 1 is 1.12 bits per heavy atom. The van der Waals surface area contributed by atoms with Crippen molar-refractivity contribution in [3.05, 3.63) is 59.8 Å². The largest absolute Gasteiger partial charge is 0.494 e. The van der Waals surface area contributed by atoms with Gasteiger partial charge in [-0.25, -0.2) is 0 Å². The maximum Gasteiger partial charge on any atom is 0.170 e. The fourth-order valence-electron chi connectivity index (χ4n) is 2.47. The molecule has 0 aliphatic carbocycles. The topological polar surface area (TPSA) is 55.4 Å². The van der Waals surface area contributed by atoms with E-state index in [4.69, 9.17) is 33.3 Å². The fraction of sp³-hybridized carbons (Fsp3) is 0.158. The monoisotopic (exact) mass is 387 g/mol. The highest BCUT2D eigenvalue weighted by molar-refractivity contribution is 7.80. The number of thiocarbonyl (C=S) groups is 1. The van der Waals surface area contributed by atoms with Gasteiger partial charge in [-0.15, -0.1) is 0 Å². The number of methoxy groups -OCH3 is 1. The van der Waals surface area contributed by atoms with E-state index in [2.05, 4.69) is 15.6 Å². The number of para-hydroxylation sites is 1. The molecule has 1 heterocycles. The number of anilines is 1. The SMILES string of the molecule is COc1ccc(NC(=S)NCCOc2ccccc2Cl)c2cccnc12. The fourth-order valence-corrected chi connectivity index (χ4v) is 2.88. The molecule has 3 rings (SSSR count). The van der Waals surface area contributed by atoms with Crippen molar-refractivity contribution in [3.63, 3.8) is 0 Å². The quantitative estimate of drug-likeness (QED) is 0.487. The van der Waals surface area contributed by atoms with Gasteiger partial charge in [0.2, 0.25) is 0 Å². The van der Waals surface area contributed by atoms with Crippen LogP contribution in [-0.4, -0.2) is 30.4 Å². The van der Waals surface area contributed by atoms with E-state index in [0.29, 0.717) is 29.0 Å². The van der Waals surface area contributed by atoms with Gasteiger partial charge in [-0.05, 0) is 48.6 Å². The summed E-state index contributed by atoms with van der Waals surface area (Å²) in [5, 5.41) is 8.33. The summed E-state index contributed by atoms with van der Waals surface area (Å²) in [7, 11) is 1.63. The molecule has 26 heavy (non-hydrogen) atoms. The summed E-state index contributed by atoms with van der Waals surface area (Å²) in [6, 6.07) is 15.0. The van der Waals surface area contributed by atoms with Crippen molar-refractivity contribution in [1.29, 1.82) is 0 Å². The van der Waals surface area contributed by atoms with E-state index in [-0.39, 0.29) is 0 Å². The molecule has 1 aromatic heterocycles. The molecule has 2 N–H and O–H groups in total. The third-order valence-electron chi connectivity index (χ3n) is 3.68. The van der Waals surface area contributed by atoms with Crippen molar-refractivity contribution < 1.29 is 9.47 Å². The van der Waals surface area contributed by atoms with Crippen LogP contribution in [0.4, 0.5) is 5.69 Å². The predicted molar refractivity (Wildman–Crippen MR) is 109 cm³/mol. The first kappa shape index (κ1) is 18.2. The van der Waals surface area contributed by atoms with Crippen LogP contribution >= 0.6 is 23.8 Å². The van der Waals surface area contributed by atoms with Gasteiger partial charge >= 0.3 is 0 Å². The standard InChI is InChI=1S/C19H18ClN3O2S/c1-24-17-9-8-15(13-5-4-10-21-18(13)17)23-19(26)22-11-12-25-16-7-3-2-6-14(16)20/h2-10H,11-12H2,1H3,(H2,22,23,26). The van der Waals surface area contributed by atoms with Crippen molar-refractivity contribution >= 4 is 45.5 Å². The van der Waals surface area contributed by atoms with E-state index in [1.807, 2.05) is 42.5 Å². The van der Waals surface area contributed by atoms with Gasteiger partial charge in [-0.3, -0.25) is 4.98 Å². The van der Waals surface area contributed by atoms with Crippen molar-refractivity contribution in [2.75, 3.05) is 25.6 Å². The van der Waals surface area contributed by atoms with Gasteiger partial charge in [-0.1, -0.05) is 23.7 Å². The molecule has 0 aliphatic rings. The molecule has 0 saturated heterocycles. The lowest BCUT2D eigenvalue weighted by atomic mass is 10.1. The molecule has 0 fully saturated rings. The average molecular weight is 388 g/mol. The first-order valence-corrected chi connectivity index (χ1v) is 8.81. The second kappa shape index (κ2) is 8.69. The number of pyridine rings is 1. The molecule has 0 aliphatic heterocycles. The Morgan fingerprint density at radius 2 is 1.96 bits per heavy atom. The Kier molecular flexibility index (Phi) is 6.09. The number of hydrogen-bond donors (Lipinski definition) is 2. The van der Waals surface area contributed by atoms with Crippen LogP contribution in [0.25, 0.3) is 10.9 Å². The Hall–Kier alpha value is -2.57. The molecule has 0 bridgehead atoms. The molecule has 0 unspecified atom stereocenters. The molecule has 0 spiro atoms. The first-order chi connectivity index (χ1) is 12.7.